The minimum atomic E-state index is 0.108. The molecule has 0 bridgehead atoms. The van der Waals surface area contributed by atoms with Crippen LogP contribution in [0.1, 0.15) is 23.7 Å². The van der Waals surface area contributed by atoms with Gasteiger partial charge in [0, 0.05) is 45.0 Å². The second kappa shape index (κ2) is 8.83. The van der Waals surface area contributed by atoms with Crippen LogP contribution in [0.4, 0.5) is 0 Å². The van der Waals surface area contributed by atoms with E-state index in [1.54, 1.807) is 0 Å². The molecule has 0 aliphatic carbocycles. The Morgan fingerprint density at radius 2 is 1.92 bits per heavy atom. The zero-order valence-electron chi connectivity index (χ0n) is 14.9. The van der Waals surface area contributed by atoms with Crippen molar-refractivity contribution >= 4 is 5.91 Å². The Labute approximate surface area is 149 Å². The molecule has 0 spiro atoms. The van der Waals surface area contributed by atoms with Crippen molar-refractivity contribution in [3.63, 3.8) is 0 Å². The van der Waals surface area contributed by atoms with Gasteiger partial charge in [0.1, 0.15) is 0 Å². The Balaban J connectivity index is 1.56. The molecule has 1 aromatic carbocycles. The second-order valence-corrected chi connectivity index (χ2v) is 6.50. The molecule has 1 amide bonds. The Hall–Kier alpha value is -2.11. The van der Waals surface area contributed by atoms with Gasteiger partial charge in [0.2, 0.25) is 5.91 Å². The van der Waals surface area contributed by atoms with E-state index in [0.29, 0.717) is 13.0 Å². The summed E-state index contributed by atoms with van der Waals surface area (Å²) in [7, 11) is 2.06. The van der Waals surface area contributed by atoms with Crippen molar-refractivity contribution in [2.75, 3.05) is 32.8 Å². The van der Waals surface area contributed by atoms with Gasteiger partial charge in [-0.3, -0.25) is 9.69 Å². The standard InChI is InChI=1S/C20H27N3O2/c1-22-11-5-8-18(22)19(23-12-14-25-15-13-23)16-21-20(24)10-9-17-6-3-2-4-7-17/h2-8,11,19H,9-10,12-16H2,1H3,(H,21,24)/t19-/m0/s1. The van der Waals surface area contributed by atoms with Crippen LogP contribution in [0.25, 0.3) is 0 Å². The first-order chi connectivity index (χ1) is 12.2. The highest BCUT2D eigenvalue weighted by atomic mass is 16.5. The fourth-order valence-corrected chi connectivity index (χ4v) is 3.33. The van der Waals surface area contributed by atoms with Gasteiger partial charge in [-0.1, -0.05) is 30.3 Å². The van der Waals surface area contributed by atoms with Crippen molar-refractivity contribution in [3.8, 4) is 0 Å². The number of morpholine rings is 1. The molecule has 5 heteroatoms. The smallest absolute Gasteiger partial charge is 0.220 e. The van der Waals surface area contributed by atoms with Crippen LogP contribution in [0.5, 0.6) is 0 Å². The van der Waals surface area contributed by atoms with Crippen molar-refractivity contribution in [2.45, 2.75) is 18.9 Å². The fraction of sp³-hybridized carbons (Fsp3) is 0.450. The molecule has 1 saturated heterocycles. The van der Waals surface area contributed by atoms with Crippen LogP contribution in [0.2, 0.25) is 0 Å². The van der Waals surface area contributed by atoms with Gasteiger partial charge >= 0.3 is 0 Å². The van der Waals surface area contributed by atoms with E-state index in [1.807, 2.05) is 18.2 Å². The third-order valence-corrected chi connectivity index (χ3v) is 4.79. The summed E-state index contributed by atoms with van der Waals surface area (Å²) in [6, 6.07) is 14.5. The number of aromatic nitrogens is 1. The number of rotatable bonds is 7. The number of hydrogen-bond acceptors (Lipinski definition) is 3. The van der Waals surface area contributed by atoms with Gasteiger partial charge in [-0.15, -0.1) is 0 Å². The third kappa shape index (κ3) is 4.94. The molecule has 0 unspecified atom stereocenters. The summed E-state index contributed by atoms with van der Waals surface area (Å²) in [5.41, 5.74) is 2.43. The fourth-order valence-electron chi connectivity index (χ4n) is 3.33. The van der Waals surface area contributed by atoms with Gasteiger partial charge in [-0.25, -0.2) is 0 Å². The van der Waals surface area contributed by atoms with Crippen LogP contribution < -0.4 is 5.32 Å². The van der Waals surface area contributed by atoms with Crippen LogP contribution in [0, 0.1) is 0 Å². The lowest BCUT2D eigenvalue weighted by molar-refractivity contribution is -0.121. The SMILES string of the molecule is Cn1cccc1[C@H](CNC(=O)CCc1ccccc1)N1CCOCC1. The highest BCUT2D eigenvalue weighted by molar-refractivity contribution is 5.76. The zero-order valence-corrected chi connectivity index (χ0v) is 14.9. The Bertz CT molecular complexity index is 663. The normalized spacial score (nSPS) is 16.5. The lowest BCUT2D eigenvalue weighted by Gasteiger charge is -2.35. The van der Waals surface area contributed by atoms with Gasteiger partial charge < -0.3 is 14.6 Å². The van der Waals surface area contributed by atoms with Gasteiger partial charge in [-0.05, 0) is 24.1 Å². The molecule has 134 valence electrons. The van der Waals surface area contributed by atoms with E-state index in [2.05, 4.69) is 52.3 Å². The molecule has 25 heavy (non-hydrogen) atoms. The maximum atomic E-state index is 12.3. The van der Waals surface area contributed by atoms with Crippen molar-refractivity contribution in [2.24, 2.45) is 7.05 Å². The minimum Gasteiger partial charge on any atom is -0.379 e. The summed E-state index contributed by atoms with van der Waals surface area (Å²) < 4.78 is 7.61. The molecule has 1 aromatic heterocycles. The van der Waals surface area contributed by atoms with Crippen LogP contribution in [0.3, 0.4) is 0 Å². The lowest BCUT2D eigenvalue weighted by Crippen LogP contribution is -2.44. The predicted molar refractivity (Wildman–Crippen MR) is 98.3 cm³/mol. The molecule has 0 radical (unpaired) electrons. The van der Waals surface area contributed by atoms with E-state index >= 15 is 0 Å². The number of nitrogens with zero attached hydrogens (tertiary/aromatic N) is 2. The summed E-state index contributed by atoms with van der Waals surface area (Å²) in [5.74, 6) is 0.108. The number of carbonyl (C=O) groups is 1. The molecule has 0 saturated carbocycles. The summed E-state index contributed by atoms with van der Waals surface area (Å²) in [4.78, 5) is 14.7. The number of benzene rings is 1. The van der Waals surface area contributed by atoms with Crippen molar-refractivity contribution in [1.29, 1.82) is 0 Å². The lowest BCUT2D eigenvalue weighted by atomic mass is 10.1. The monoisotopic (exact) mass is 341 g/mol. The molecular weight excluding hydrogens is 314 g/mol. The van der Waals surface area contributed by atoms with Crippen LogP contribution >= 0.6 is 0 Å². The number of carbonyl (C=O) groups excluding carboxylic acids is 1. The largest absolute Gasteiger partial charge is 0.379 e. The molecule has 1 atom stereocenters. The first-order valence-corrected chi connectivity index (χ1v) is 8.97. The van der Waals surface area contributed by atoms with Crippen LogP contribution in [0.15, 0.2) is 48.7 Å². The van der Waals surface area contributed by atoms with Gasteiger partial charge in [-0.2, -0.15) is 0 Å². The van der Waals surface area contributed by atoms with E-state index < -0.39 is 0 Å². The zero-order chi connectivity index (χ0) is 17.5. The molecule has 1 fully saturated rings. The molecular formula is C20H27N3O2. The Morgan fingerprint density at radius 3 is 2.60 bits per heavy atom. The number of amides is 1. The first-order valence-electron chi connectivity index (χ1n) is 8.97. The molecule has 3 rings (SSSR count). The Kier molecular flexibility index (Phi) is 6.25. The number of hydrogen-bond donors (Lipinski definition) is 1. The summed E-state index contributed by atoms with van der Waals surface area (Å²) in [6.45, 7) is 3.93. The van der Waals surface area contributed by atoms with E-state index in [9.17, 15) is 4.79 Å². The van der Waals surface area contributed by atoms with E-state index in [4.69, 9.17) is 4.74 Å². The average Bonchev–Trinajstić information content (AvgIpc) is 3.08. The van der Waals surface area contributed by atoms with Gasteiger partial charge in [0.15, 0.2) is 0 Å². The summed E-state index contributed by atoms with van der Waals surface area (Å²) in [6.07, 6.45) is 3.35. The average molecular weight is 341 g/mol. The number of ether oxygens (including phenoxy) is 1. The highest BCUT2D eigenvalue weighted by Gasteiger charge is 2.24. The third-order valence-electron chi connectivity index (χ3n) is 4.79. The maximum Gasteiger partial charge on any atom is 0.220 e. The van der Waals surface area contributed by atoms with Crippen LogP contribution in [-0.4, -0.2) is 48.2 Å². The van der Waals surface area contributed by atoms with Crippen LogP contribution in [-0.2, 0) is 23.0 Å². The Morgan fingerprint density at radius 1 is 1.16 bits per heavy atom. The van der Waals surface area contributed by atoms with Crippen molar-refractivity contribution in [1.82, 2.24) is 14.8 Å². The minimum absolute atomic E-state index is 0.108. The van der Waals surface area contributed by atoms with Gasteiger partial charge in [0.25, 0.3) is 0 Å². The van der Waals surface area contributed by atoms with E-state index in [1.165, 1.54) is 11.3 Å². The maximum absolute atomic E-state index is 12.3. The summed E-state index contributed by atoms with van der Waals surface area (Å²) >= 11 is 0. The van der Waals surface area contributed by atoms with Crippen molar-refractivity contribution < 1.29 is 9.53 Å². The van der Waals surface area contributed by atoms with E-state index in [0.717, 1.165) is 32.7 Å². The first kappa shape index (κ1) is 17.7. The molecule has 2 heterocycles. The van der Waals surface area contributed by atoms with Gasteiger partial charge in [0.05, 0.1) is 19.3 Å². The van der Waals surface area contributed by atoms with Crippen molar-refractivity contribution in [3.05, 3.63) is 59.9 Å². The van der Waals surface area contributed by atoms with E-state index in [-0.39, 0.29) is 11.9 Å². The number of nitrogens with one attached hydrogen (secondary N) is 1. The molecule has 5 nitrogen and oxygen atoms in total. The molecule has 1 N–H and O–H groups in total. The highest BCUT2D eigenvalue weighted by Crippen LogP contribution is 2.21. The molecule has 1 aliphatic rings. The quantitative estimate of drug-likeness (QED) is 0.839. The molecule has 2 aromatic rings. The summed E-state index contributed by atoms with van der Waals surface area (Å²) in [5, 5.41) is 3.13. The predicted octanol–water partition coefficient (Wildman–Crippen LogP) is 2.15. The topological polar surface area (TPSA) is 46.5 Å². The number of aryl methyl sites for hydroxylation is 2. The molecule has 1 aliphatic heterocycles. The second-order valence-electron chi connectivity index (χ2n) is 6.50.